The van der Waals surface area contributed by atoms with Crippen LogP contribution in [0, 0.1) is 5.92 Å². The number of hydrogen-bond donors (Lipinski definition) is 1. The van der Waals surface area contributed by atoms with Gasteiger partial charge in [-0.05, 0) is 36.6 Å². The molecule has 0 aliphatic carbocycles. The number of halogens is 1. The standard InChI is InChI=1S/C10H14ClN/c1-8(7-12)6-9-2-4-10(11)5-3-9/h2-5,8H,6-7,12H2,1H3. The Morgan fingerprint density at radius 1 is 1.33 bits per heavy atom. The van der Waals surface area contributed by atoms with Crippen LogP contribution in [0.5, 0.6) is 0 Å². The van der Waals surface area contributed by atoms with E-state index in [1.807, 2.05) is 12.1 Å². The van der Waals surface area contributed by atoms with Crippen molar-refractivity contribution in [2.24, 2.45) is 11.7 Å². The van der Waals surface area contributed by atoms with Gasteiger partial charge in [0.2, 0.25) is 0 Å². The molecule has 1 aromatic rings. The molecular weight excluding hydrogens is 170 g/mol. The largest absolute Gasteiger partial charge is 0.330 e. The van der Waals surface area contributed by atoms with Crippen molar-refractivity contribution >= 4 is 11.6 Å². The Morgan fingerprint density at radius 3 is 2.42 bits per heavy atom. The molecule has 0 amide bonds. The summed E-state index contributed by atoms with van der Waals surface area (Å²) in [4.78, 5) is 0. The highest BCUT2D eigenvalue weighted by Crippen LogP contribution is 2.12. The summed E-state index contributed by atoms with van der Waals surface area (Å²) in [6, 6.07) is 7.93. The molecule has 0 heterocycles. The Bertz CT molecular complexity index is 230. The predicted molar refractivity (Wildman–Crippen MR) is 53.4 cm³/mol. The monoisotopic (exact) mass is 183 g/mol. The maximum absolute atomic E-state index is 5.76. The van der Waals surface area contributed by atoms with Gasteiger partial charge < -0.3 is 5.73 Å². The van der Waals surface area contributed by atoms with Gasteiger partial charge in [-0.15, -0.1) is 0 Å². The third-order valence-corrected chi connectivity index (χ3v) is 2.15. The average molecular weight is 184 g/mol. The number of hydrogen-bond acceptors (Lipinski definition) is 1. The van der Waals surface area contributed by atoms with Gasteiger partial charge in [-0.1, -0.05) is 30.7 Å². The normalized spacial score (nSPS) is 12.9. The Kier molecular flexibility index (Phi) is 3.57. The summed E-state index contributed by atoms with van der Waals surface area (Å²) in [5.74, 6) is 0.547. The van der Waals surface area contributed by atoms with Crippen LogP contribution in [0.2, 0.25) is 5.02 Å². The van der Waals surface area contributed by atoms with Crippen LogP contribution < -0.4 is 5.73 Å². The van der Waals surface area contributed by atoms with Crippen molar-refractivity contribution < 1.29 is 0 Å². The van der Waals surface area contributed by atoms with Crippen molar-refractivity contribution in [3.63, 3.8) is 0 Å². The summed E-state index contributed by atoms with van der Waals surface area (Å²) >= 11 is 5.76. The minimum absolute atomic E-state index is 0.547. The van der Waals surface area contributed by atoms with E-state index >= 15 is 0 Å². The topological polar surface area (TPSA) is 26.0 Å². The molecular formula is C10H14ClN. The molecule has 2 N–H and O–H groups in total. The van der Waals surface area contributed by atoms with E-state index in [4.69, 9.17) is 17.3 Å². The molecule has 0 aliphatic heterocycles. The fourth-order valence-corrected chi connectivity index (χ4v) is 1.23. The zero-order valence-corrected chi connectivity index (χ0v) is 8.01. The van der Waals surface area contributed by atoms with Crippen LogP contribution in [0.15, 0.2) is 24.3 Å². The fourth-order valence-electron chi connectivity index (χ4n) is 1.11. The molecule has 0 saturated carbocycles. The van der Waals surface area contributed by atoms with E-state index in [-0.39, 0.29) is 0 Å². The molecule has 66 valence electrons. The van der Waals surface area contributed by atoms with E-state index in [1.165, 1.54) is 5.56 Å². The zero-order valence-electron chi connectivity index (χ0n) is 7.26. The summed E-state index contributed by atoms with van der Waals surface area (Å²) in [5.41, 5.74) is 6.83. The lowest BCUT2D eigenvalue weighted by molar-refractivity contribution is 0.593. The minimum Gasteiger partial charge on any atom is -0.330 e. The number of rotatable bonds is 3. The SMILES string of the molecule is CC(CN)Cc1ccc(Cl)cc1. The third kappa shape index (κ3) is 2.84. The van der Waals surface area contributed by atoms with Gasteiger partial charge in [-0.25, -0.2) is 0 Å². The maximum atomic E-state index is 5.76. The maximum Gasteiger partial charge on any atom is 0.0406 e. The van der Waals surface area contributed by atoms with Crippen molar-refractivity contribution in [2.45, 2.75) is 13.3 Å². The van der Waals surface area contributed by atoms with E-state index in [0.29, 0.717) is 5.92 Å². The lowest BCUT2D eigenvalue weighted by Gasteiger charge is -2.07. The number of benzene rings is 1. The molecule has 0 spiro atoms. The van der Waals surface area contributed by atoms with Crippen molar-refractivity contribution in [3.8, 4) is 0 Å². The summed E-state index contributed by atoms with van der Waals surface area (Å²) in [5, 5.41) is 0.791. The van der Waals surface area contributed by atoms with Gasteiger partial charge in [0.1, 0.15) is 0 Å². The summed E-state index contributed by atoms with van der Waals surface area (Å²) < 4.78 is 0. The Hall–Kier alpha value is -0.530. The van der Waals surface area contributed by atoms with Crippen LogP contribution in [-0.2, 0) is 6.42 Å². The second-order valence-electron chi connectivity index (χ2n) is 3.17. The van der Waals surface area contributed by atoms with E-state index < -0.39 is 0 Å². The lowest BCUT2D eigenvalue weighted by atomic mass is 10.0. The van der Waals surface area contributed by atoms with E-state index in [9.17, 15) is 0 Å². The minimum atomic E-state index is 0.547. The molecule has 0 bridgehead atoms. The molecule has 1 atom stereocenters. The highest BCUT2D eigenvalue weighted by Gasteiger charge is 2.00. The summed E-state index contributed by atoms with van der Waals surface area (Å²) in [6.45, 7) is 2.89. The molecule has 2 heteroatoms. The zero-order chi connectivity index (χ0) is 8.97. The second kappa shape index (κ2) is 4.48. The van der Waals surface area contributed by atoms with Crippen LogP contribution in [0.1, 0.15) is 12.5 Å². The first-order valence-electron chi connectivity index (χ1n) is 4.17. The van der Waals surface area contributed by atoms with Gasteiger partial charge in [0.05, 0.1) is 0 Å². The summed E-state index contributed by atoms with van der Waals surface area (Å²) in [6.07, 6.45) is 1.04. The van der Waals surface area contributed by atoms with Crippen molar-refractivity contribution in [2.75, 3.05) is 6.54 Å². The molecule has 12 heavy (non-hydrogen) atoms. The van der Waals surface area contributed by atoms with Crippen LogP contribution in [0.25, 0.3) is 0 Å². The van der Waals surface area contributed by atoms with Crippen LogP contribution >= 0.6 is 11.6 Å². The average Bonchev–Trinajstić information content (AvgIpc) is 2.09. The van der Waals surface area contributed by atoms with Crippen molar-refractivity contribution in [1.29, 1.82) is 0 Å². The highest BCUT2D eigenvalue weighted by atomic mass is 35.5. The second-order valence-corrected chi connectivity index (χ2v) is 3.61. The predicted octanol–water partition coefficient (Wildman–Crippen LogP) is 2.48. The quantitative estimate of drug-likeness (QED) is 0.766. The Labute approximate surface area is 78.5 Å². The first kappa shape index (κ1) is 9.56. The molecule has 1 aromatic carbocycles. The fraction of sp³-hybridized carbons (Fsp3) is 0.400. The van der Waals surface area contributed by atoms with E-state index in [2.05, 4.69) is 19.1 Å². The molecule has 0 fully saturated rings. The Balaban J connectivity index is 2.58. The van der Waals surface area contributed by atoms with Gasteiger partial charge >= 0.3 is 0 Å². The molecule has 0 aliphatic rings. The van der Waals surface area contributed by atoms with Gasteiger partial charge in [0.25, 0.3) is 0 Å². The molecule has 0 radical (unpaired) electrons. The van der Waals surface area contributed by atoms with E-state index in [0.717, 1.165) is 18.0 Å². The molecule has 1 nitrogen and oxygen atoms in total. The van der Waals surface area contributed by atoms with Gasteiger partial charge in [0.15, 0.2) is 0 Å². The van der Waals surface area contributed by atoms with Crippen molar-refractivity contribution in [1.82, 2.24) is 0 Å². The van der Waals surface area contributed by atoms with Crippen LogP contribution in [0.3, 0.4) is 0 Å². The molecule has 0 aromatic heterocycles. The first-order chi connectivity index (χ1) is 5.72. The molecule has 1 unspecified atom stereocenters. The smallest absolute Gasteiger partial charge is 0.0406 e. The van der Waals surface area contributed by atoms with Crippen LogP contribution in [0.4, 0.5) is 0 Å². The highest BCUT2D eigenvalue weighted by molar-refractivity contribution is 6.30. The molecule has 1 rings (SSSR count). The van der Waals surface area contributed by atoms with Crippen LogP contribution in [-0.4, -0.2) is 6.54 Å². The third-order valence-electron chi connectivity index (χ3n) is 1.90. The van der Waals surface area contributed by atoms with Gasteiger partial charge in [-0.3, -0.25) is 0 Å². The van der Waals surface area contributed by atoms with E-state index in [1.54, 1.807) is 0 Å². The Morgan fingerprint density at radius 2 is 1.92 bits per heavy atom. The number of nitrogens with two attached hydrogens (primary N) is 1. The molecule has 0 saturated heterocycles. The van der Waals surface area contributed by atoms with Gasteiger partial charge in [0, 0.05) is 5.02 Å². The summed E-state index contributed by atoms with van der Waals surface area (Å²) in [7, 11) is 0. The lowest BCUT2D eigenvalue weighted by Crippen LogP contribution is -2.12. The first-order valence-corrected chi connectivity index (χ1v) is 4.54. The van der Waals surface area contributed by atoms with Gasteiger partial charge in [-0.2, -0.15) is 0 Å². The van der Waals surface area contributed by atoms with Crippen molar-refractivity contribution in [3.05, 3.63) is 34.9 Å².